The van der Waals surface area contributed by atoms with Crippen molar-refractivity contribution in [3.63, 3.8) is 0 Å². The Morgan fingerprint density at radius 1 is 1.24 bits per heavy atom. The molecule has 0 aliphatic heterocycles. The molecule has 1 saturated carbocycles. The first kappa shape index (κ1) is 21.1. The first-order chi connectivity index (χ1) is 13.9. The third-order valence-electron chi connectivity index (χ3n) is 5.26. The van der Waals surface area contributed by atoms with E-state index in [0.29, 0.717) is 22.0 Å². The Balaban J connectivity index is 1.52. The smallest absolute Gasteiger partial charge is 0.271 e. The topological polar surface area (TPSA) is 87.9 Å². The van der Waals surface area contributed by atoms with Crippen LogP contribution < -0.4 is 10.1 Å². The van der Waals surface area contributed by atoms with Crippen molar-refractivity contribution in [2.75, 3.05) is 0 Å². The van der Waals surface area contributed by atoms with E-state index in [-0.39, 0.29) is 24.0 Å². The second-order valence-corrected chi connectivity index (χ2v) is 8.09. The summed E-state index contributed by atoms with van der Waals surface area (Å²) >= 11 is 6.22. The number of ether oxygens (including phenoxy) is 1. The van der Waals surface area contributed by atoms with Crippen molar-refractivity contribution in [3.8, 4) is 11.8 Å². The van der Waals surface area contributed by atoms with Crippen LogP contribution in [-0.4, -0.2) is 28.0 Å². The average Bonchev–Trinajstić information content (AvgIpc) is 2.73. The van der Waals surface area contributed by atoms with Gasteiger partial charge < -0.3 is 10.1 Å². The first-order valence-electron chi connectivity index (χ1n) is 9.87. The summed E-state index contributed by atoms with van der Waals surface area (Å²) in [5.41, 5.74) is 2.45. The van der Waals surface area contributed by atoms with Gasteiger partial charge in [-0.05, 0) is 50.7 Å². The zero-order valence-corrected chi connectivity index (χ0v) is 17.7. The number of nitrogens with one attached hydrogen (secondary N) is 1. The van der Waals surface area contributed by atoms with Crippen LogP contribution in [0.5, 0.6) is 5.75 Å². The van der Waals surface area contributed by atoms with Crippen molar-refractivity contribution in [3.05, 3.63) is 52.1 Å². The molecule has 1 fully saturated rings. The van der Waals surface area contributed by atoms with Gasteiger partial charge in [-0.3, -0.25) is 9.78 Å². The fourth-order valence-electron chi connectivity index (χ4n) is 3.40. The van der Waals surface area contributed by atoms with Gasteiger partial charge in [-0.2, -0.15) is 5.26 Å². The quantitative estimate of drug-likeness (QED) is 0.777. The van der Waals surface area contributed by atoms with E-state index in [1.807, 2.05) is 20.8 Å². The van der Waals surface area contributed by atoms with E-state index in [2.05, 4.69) is 21.4 Å². The van der Waals surface area contributed by atoms with Gasteiger partial charge in [0, 0.05) is 17.8 Å². The molecule has 1 aliphatic carbocycles. The zero-order chi connectivity index (χ0) is 21.0. The summed E-state index contributed by atoms with van der Waals surface area (Å²) in [6.07, 6.45) is 6.59. The SMILES string of the molecule is Cc1c(OC2CCC(NC(=O)c3cnc(C(C)C)cn3)CC2)ccc(C#N)c1Cl. The molecule has 1 aromatic carbocycles. The molecule has 29 heavy (non-hydrogen) atoms. The average molecular weight is 413 g/mol. The van der Waals surface area contributed by atoms with E-state index < -0.39 is 0 Å². The molecule has 152 valence electrons. The third-order valence-corrected chi connectivity index (χ3v) is 5.74. The molecule has 7 heteroatoms. The van der Waals surface area contributed by atoms with E-state index >= 15 is 0 Å². The number of halogens is 1. The number of aromatic nitrogens is 2. The number of rotatable bonds is 5. The highest BCUT2D eigenvalue weighted by Crippen LogP contribution is 2.31. The van der Waals surface area contributed by atoms with Gasteiger partial charge in [0.05, 0.1) is 28.6 Å². The lowest BCUT2D eigenvalue weighted by atomic mass is 9.92. The number of hydrogen-bond acceptors (Lipinski definition) is 5. The molecular weight excluding hydrogens is 388 g/mol. The van der Waals surface area contributed by atoms with Gasteiger partial charge in [0.25, 0.3) is 5.91 Å². The second-order valence-electron chi connectivity index (χ2n) is 7.71. The zero-order valence-electron chi connectivity index (χ0n) is 16.9. The van der Waals surface area contributed by atoms with Gasteiger partial charge in [-0.1, -0.05) is 25.4 Å². The standard InChI is InChI=1S/C22H25ClN4O2/c1-13(2)18-11-26-19(12-25-18)22(28)27-16-5-7-17(8-6-16)29-20-9-4-15(10-24)21(23)14(20)3/h4,9,11-13,16-17H,5-8H2,1-3H3,(H,27,28). The van der Waals surface area contributed by atoms with Crippen LogP contribution >= 0.6 is 11.6 Å². The number of benzene rings is 1. The van der Waals surface area contributed by atoms with Crippen LogP contribution in [0.1, 0.15) is 72.8 Å². The molecule has 1 aliphatic rings. The Bertz CT molecular complexity index is 914. The van der Waals surface area contributed by atoms with Crippen LogP contribution in [0.15, 0.2) is 24.5 Å². The van der Waals surface area contributed by atoms with Crippen LogP contribution in [0.2, 0.25) is 5.02 Å². The molecule has 1 N–H and O–H groups in total. The summed E-state index contributed by atoms with van der Waals surface area (Å²) < 4.78 is 6.11. The number of amides is 1. The predicted octanol–water partition coefficient (Wildman–Crippen LogP) is 4.55. The molecule has 0 unspecified atom stereocenters. The second kappa shape index (κ2) is 9.23. The van der Waals surface area contributed by atoms with Crippen molar-refractivity contribution >= 4 is 17.5 Å². The summed E-state index contributed by atoms with van der Waals surface area (Å²) in [4.78, 5) is 21.0. The highest BCUT2D eigenvalue weighted by Gasteiger charge is 2.25. The molecule has 1 aromatic heterocycles. The normalized spacial score (nSPS) is 18.9. The lowest BCUT2D eigenvalue weighted by Gasteiger charge is -2.30. The molecule has 0 radical (unpaired) electrons. The van der Waals surface area contributed by atoms with Crippen LogP contribution in [0, 0.1) is 18.3 Å². The monoisotopic (exact) mass is 412 g/mol. The molecule has 0 spiro atoms. The van der Waals surface area contributed by atoms with Gasteiger partial charge >= 0.3 is 0 Å². The van der Waals surface area contributed by atoms with E-state index in [1.54, 1.807) is 18.3 Å². The fourth-order valence-corrected chi connectivity index (χ4v) is 3.60. The molecule has 1 heterocycles. The number of hydrogen-bond donors (Lipinski definition) is 1. The molecule has 6 nitrogen and oxygen atoms in total. The van der Waals surface area contributed by atoms with E-state index in [9.17, 15) is 4.79 Å². The maximum absolute atomic E-state index is 12.4. The van der Waals surface area contributed by atoms with Crippen LogP contribution in [0.3, 0.4) is 0 Å². The minimum atomic E-state index is -0.188. The molecule has 0 atom stereocenters. The van der Waals surface area contributed by atoms with Crippen LogP contribution in [0.4, 0.5) is 0 Å². The molecule has 0 bridgehead atoms. The lowest BCUT2D eigenvalue weighted by molar-refractivity contribution is 0.0888. The molecule has 2 aromatic rings. The molecule has 3 rings (SSSR count). The Hall–Kier alpha value is -2.65. The Kier molecular flexibility index (Phi) is 6.71. The number of carbonyl (C=O) groups is 1. The highest BCUT2D eigenvalue weighted by molar-refractivity contribution is 6.32. The number of carbonyl (C=O) groups excluding carboxylic acids is 1. The van der Waals surface area contributed by atoms with Crippen LogP contribution in [0.25, 0.3) is 0 Å². The van der Waals surface area contributed by atoms with E-state index in [0.717, 1.165) is 36.9 Å². The van der Waals surface area contributed by atoms with Crippen molar-refractivity contribution < 1.29 is 9.53 Å². The maximum atomic E-state index is 12.4. The third kappa shape index (κ3) is 5.04. The van der Waals surface area contributed by atoms with Crippen molar-refractivity contribution in [2.45, 2.75) is 64.5 Å². The highest BCUT2D eigenvalue weighted by atomic mass is 35.5. The Labute approximate surface area is 176 Å². The Morgan fingerprint density at radius 3 is 2.55 bits per heavy atom. The molecule has 1 amide bonds. The van der Waals surface area contributed by atoms with E-state index in [4.69, 9.17) is 21.6 Å². The number of nitriles is 1. The summed E-state index contributed by atoms with van der Waals surface area (Å²) in [6.45, 7) is 5.94. The summed E-state index contributed by atoms with van der Waals surface area (Å²) in [5.74, 6) is 0.804. The van der Waals surface area contributed by atoms with Crippen LogP contribution in [-0.2, 0) is 0 Å². The van der Waals surface area contributed by atoms with Crippen molar-refractivity contribution in [2.24, 2.45) is 0 Å². The fraction of sp³-hybridized carbons (Fsp3) is 0.455. The van der Waals surface area contributed by atoms with Crippen molar-refractivity contribution in [1.82, 2.24) is 15.3 Å². The van der Waals surface area contributed by atoms with Gasteiger partial charge in [0.1, 0.15) is 17.5 Å². The lowest BCUT2D eigenvalue weighted by Crippen LogP contribution is -2.40. The summed E-state index contributed by atoms with van der Waals surface area (Å²) in [5, 5.41) is 12.5. The Morgan fingerprint density at radius 2 is 1.97 bits per heavy atom. The first-order valence-corrected chi connectivity index (χ1v) is 10.3. The van der Waals surface area contributed by atoms with Gasteiger partial charge in [-0.15, -0.1) is 0 Å². The largest absolute Gasteiger partial charge is 0.490 e. The minimum absolute atomic E-state index is 0.0657. The van der Waals surface area contributed by atoms with Gasteiger partial charge in [0.15, 0.2) is 0 Å². The number of nitrogens with zero attached hydrogens (tertiary/aromatic N) is 3. The summed E-state index contributed by atoms with van der Waals surface area (Å²) in [6, 6.07) is 5.65. The van der Waals surface area contributed by atoms with Gasteiger partial charge in [-0.25, -0.2) is 4.98 Å². The van der Waals surface area contributed by atoms with E-state index in [1.165, 1.54) is 6.20 Å². The molecule has 0 saturated heterocycles. The minimum Gasteiger partial charge on any atom is -0.490 e. The summed E-state index contributed by atoms with van der Waals surface area (Å²) in [7, 11) is 0. The predicted molar refractivity (Wildman–Crippen MR) is 111 cm³/mol. The molecular formula is C22H25ClN4O2. The van der Waals surface area contributed by atoms with Crippen molar-refractivity contribution in [1.29, 1.82) is 5.26 Å². The van der Waals surface area contributed by atoms with Gasteiger partial charge in [0.2, 0.25) is 0 Å². The maximum Gasteiger partial charge on any atom is 0.271 e.